The van der Waals surface area contributed by atoms with Gasteiger partial charge < -0.3 is 19.6 Å². The quantitative estimate of drug-likeness (QED) is 0.775. The standard InChI is InChI=1S/C16H23N5O3/c1-12-19-15(20-24-12)11-21-6-2-4-13(10-21)17-9-16(22)18-8-14-5-3-7-23-14/h3,5,7,13,17H,2,4,6,8-11H2,1H3,(H,18,22)/t13-/m1/s1. The lowest BCUT2D eigenvalue weighted by Gasteiger charge is -2.32. The molecule has 0 aromatic carbocycles. The molecule has 3 heterocycles. The van der Waals surface area contributed by atoms with Crippen LogP contribution >= 0.6 is 0 Å². The van der Waals surface area contributed by atoms with E-state index >= 15 is 0 Å². The van der Waals surface area contributed by atoms with E-state index in [4.69, 9.17) is 8.94 Å². The van der Waals surface area contributed by atoms with Crippen LogP contribution in [0.2, 0.25) is 0 Å². The Morgan fingerprint density at radius 1 is 1.50 bits per heavy atom. The number of carbonyl (C=O) groups is 1. The van der Waals surface area contributed by atoms with Gasteiger partial charge in [0, 0.05) is 19.5 Å². The summed E-state index contributed by atoms with van der Waals surface area (Å²) in [5.74, 6) is 2.02. The molecule has 0 aliphatic carbocycles. The minimum Gasteiger partial charge on any atom is -0.467 e. The fourth-order valence-corrected chi connectivity index (χ4v) is 2.87. The van der Waals surface area contributed by atoms with Gasteiger partial charge in [0.2, 0.25) is 11.8 Å². The molecule has 2 aromatic heterocycles. The van der Waals surface area contributed by atoms with Crippen LogP contribution in [0.3, 0.4) is 0 Å². The van der Waals surface area contributed by atoms with Crippen molar-refractivity contribution in [2.45, 2.75) is 38.9 Å². The third-order valence-electron chi connectivity index (χ3n) is 4.03. The second-order valence-electron chi connectivity index (χ2n) is 6.04. The maximum absolute atomic E-state index is 11.9. The Morgan fingerprint density at radius 3 is 3.17 bits per heavy atom. The Bertz CT molecular complexity index is 640. The molecule has 0 saturated carbocycles. The van der Waals surface area contributed by atoms with Crippen LogP contribution in [0.1, 0.15) is 30.3 Å². The van der Waals surface area contributed by atoms with E-state index in [1.54, 1.807) is 13.2 Å². The molecule has 1 aliphatic rings. The molecule has 0 bridgehead atoms. The van der Waals surface area contributed by atoms with E-state index < -0.39 is 0 Å². The Kier molecular flexibility index (Phi) is 5.60. The summed E-state index contributed by atoms with van der Waals surface area (Å²) in [5.41, 5.74) is 0. The van der Waals surface area contributed by atoms with Gasteiger partial charge >= 0.3 is 0 Å². The number of piperidine rings is 1. The highest BCUT2D eigenvalue weighted by Crippen LogP contribution is 2.12. The second-order valence-corrected chi connectivity index (χ2v) is 6.04. The normalized spacial score (nSPS) is 18.6. The van der Waals surface area contributed by atoms with E-state index in [0.717, 1.165) is 31.7 Å². The van der Waals surface area contributed by atoms with Crippen molar-refractivity contribution in [3.63, 3.8) is 0 Å². The third kappa shape index (κ3) is 4.90. The topological polar surface area (TPSA) is 96.4 Å². The number of hydrogen-bond donors (Lipinski definition) is 2. The van der Waals surface area contributed by atoms with E-state index in [2.05, 4.69) is 25.7 Å². The minimum absolute atomic E-state index is 0.0303. The van der Waals surface area contributed by atoms with E-state index in [-0.39, 0.29) is 5.91 Å². The molecular formula is C16H23N5O3. The number of hydrogen-bond acceptors (Lipinski definition) is 7. The summed E-state index contributed by atoms with van der Waals surface area (Å²) in [6.07, 6.45) is 3.75. The number of amides is 1. The lowest BCUT2D eigenvalue weighted by molar-refractivity contribution is -0.120. The van der Waals surface area contributed by atoms with Gasteiger partial charge in [0.1, 0.15) is 5.76 Å². The van der Waals surface area contributed by atoms with Crippen LogP contribution in [0, 0.1) is 6.92 Å². The van der Waals surface area contributed by atoms with E-state index in [0.29, 0.717) is 37.4 Å². The number of carbonyl (C=O) groups excluding carboxylic acids is 1. The summed E-state index contributed by atoms with van der Waals surface area (Å²) in [6.45, 7) is 5.08. The van der Waals surface area contributed by atoms with Gasteiger partial charge in [-0.05, 0) is 31.5 Å². The molecular weight excluding hydrogens is 310 g/mol. The maximum Gasteiger partial charge on any atom is 0.234 e. The zero-order valence-electron chi connectivity index (χ0n) is 13.8. The van der Waals surface area contributed by atoms with Crippen molar-refractivity contribution < 1.29 is 13.7 Å². The van der Waals surface area contributed by atoms with Crippen LogP contribution in [-0.4, -0.2) is 46.6 Å². The molecule has 3 rings (SSSR count). The van der Waals surface area contributed by atoms with Gasteiger partial charge in [0.25, 0.3) is 0 Å². The lowest BCUT2D eigenvalue weighted by Crippen LogP contribution is -2.48. The first-order valence-corrected chi connectivity index (χ1v) is 8.23. The van der Waals surface area contributed by atoms with Crippen molar-refractivity contribution in [2.75, 3.05) is 19.6 Å². The molecule has 2 N–H and O–H groups in total. The molecule has 1 saturated heterocycles. The molecule has 1 fully saturated rings. The van der Waals surface area contributed by atoms with Crippen LogP contribution in [0.5, 0.6) is 0 Å². The summed E-state index contributed by atoms with van der Waals surface area (Å²) in [4.78, 5) is 18.4. The second kappa shape index (κ2) is 8.07. The van der Waals surface area contributed by atoms with Crippen LogP contribution < -0.4 is 10.6 Å². The van der Waals surface area contributed by atoms with Crippen LogP contribution in [0.15, 0.2) is 27.3 Å². The van der Waals surface area contributed by atoms with Gasteiger partial charge in [-0.3, -0.25) is 9.69 Å². The number of aryl methyl sites for hydroxylation is 1. The molecule has 2 aromatic rings. The molecule has 1 atom stereocenters. The van der Waals surface area contributed by atoms with Gasteiger partial charge in [0.05, 0.1) is 25.9 Å². The summed E-state index contributed by atoms with van der Waals surface area (Å²) < 4.78 is 10.2. The number of likely N-dealkylation sites (tertiary alicyclic amines) is 1. The van der Waals surface area contributed by atoms with Gasteiger partial charge in [-0.25, -0.2) is 0 Å². The Labute approximate surface area is 140 Å². The van der Waals surface area contributed by atoms with Crippen molar-refractivity contribution in [2.24, 2.45) is 0 Å². The monoisotopic (exact) mass is 333 g/mol. The van der Waals surface area contributed by atoms with Crippen molar-refractivity contribution in [1.29, 1.82) is 0 Å². The third-order valence-corrected chi connectivity index (χ3v) is 4.03. The highest BCUT2D eigenvalue weighted by molar-refractivity contribution is 5.77. The zero-order valence-corrected chi connectivity index (χ0v) is 13.8. The Balaban J connectivity index is 1.37. The molecule has 130 valence electrons. The highest BCUT2D eigenvalue weighted by atomic mass is 16.5. The number of furan rings is 1. The number of nitrogens with one attached hydrogen (secondary N) is 2. The van der Waals surface area contributed by atoms with Crippen LogP contribution in [0.4, 0.5) is 0 Å². The zero-order chi connectivity index (χ0) is 16.8. The van der Waals surface area contributed by atoms with Gasteiger partial charge in [-0.1, -0.05) is 5.16 Å². The van der Waals surface area contributed by atoms with E-state index in [1.165, 1.54) is 0 Å². The summed E-state index contributed by atoms with van der Waals surface area (Å²) in [7, 11) is 0. The average molecular weight is 333 g/mol. The maximum atomic E-state index is 11.9. The molecule has 24 heavy (non-hydrogen) atoms. The first-order chi connectivity index (χ1) is 11.7. The van der Waals surface area contributed by atoms with Gasteiger partial charge in [-0.15, -0.1) is 0 Å². The first-order valence-electron chi connectivity index (χ1n) is 8.23. The summed E-state index contributed by atoms with van der Waals surface area (Å²) in [6, 6.07) is 3.94. The highest BCUT2D eigenvalue weighted by Gasteiger charge is 2.21. The van der Waals surface area contributed by atoms with Crippen molar-refractivity contribution >= 4 is 5.91 Å². The summed E-state index contributed by atoms with van der Waals surface area (Å²) >= 11 is 0. The SMILES string of the molecule is Cc1nc(CN2CCC[C@@H](NCC(=O)NCc3ccco3)C2)no1. The van der Waals surface area contributed by atoms with Crippen molar-refractivity contribution in [3.8, 4) is 0 Å². The number of aromatic nitrogens is 2. The van der Waals surface area contributed by atoms with Gasteiger partial charge in [-0.2, -0.15) is 4.98 Å². The lowest BCUT2D eigenvalue weighted by atomic mass is 10.1. The first kappa shape index (κ1) is 16.7. The largest absolute Gasteiger partial charge is 0.467 e. The molecule has 8 nitrogen and oxygen atoms in total. The Hall–Kier alpha value is -2.19. The average Bonchev–Trinajstić information content (AvgIpc) is 3.23. The number of nitrogens with zero attached hydrogens (tertiary/aromatic N) is 3. The predicted octanol–water partition coefficient (Wildman–Crippen LogP) is 0.841. The predicted molar refractivity (Wildman–Crippen MR) is 85.9 cm³/mol. The minimum atomic E-state index is -0.0303. The summed E-state index contributed by atoms with van der Waals surface area (Å²) in [5, 5.41) is 10.1. The van der Waals surface area contributed by atoms with Crippen molar-refractivity contribution in [3.05, 3.63) is 35.9 Å². The van der Waals surface area contributed by atoms with Crippen molar-refractivity contribution in [1.82, 2.24) is 25.7 Å². The Morgan fingerprint density at radius 2 is 2.42 bits per heavy atom. The van der Waals surface area contributed by atoms with Gasteiger partial charge in [0.15, 0.2) is 5.82 Å². The van der Waals surface area contributed by atoms with Crippen LogP contribution in [-0.2, 0) is 17.9 Å². The number of rotatable bonds is 7. The molecule has 0 unspecified atom stereocenters. The molecule has 1 aliphatic heterocycles. The molecule has 1 amide bonds. The smallest absolute Gasteiger partial charge is 0.234 e. The van der Waals surface area contributed by atoms with Crippen LogP contribution in [0.25, 0.3) is 0 Å². The molecule has 0 radical (unpaired) electrons. The molecule has 0 spiro atoms. The fourth-order valence-electron chi connectivity index (χ4n) is 2.87. The van der Waals surface area contributed by atoms with E-state index in [9.17, 15) is 4.79 Å². The van der Waals surface area contributed by atoms with E-state index in [1.807, 2.05) is 12.1 Å². The fraction of sp³-hybridized carbons (Fsp3) is 0.562. The molecule has 8 heteroatoms.